The maximum Gasteiger partial charge on any atom is 0.191 e. The molecule has 24 heavy (non-hydrogen) atoms. The summed E-state index contributed by atoms with van der Waals surface area (Å²) in [7, 11) is 3.61. The van der Waals surface area contributed by atoms with Crippen LogP contribution in [0.2, 0.25) is 0 Å². The second-order valence-corrected chi connectivity index (χ2v) is 6.09. The minimum Gasteiger partial charge on any atom is -0.356 e. The molecule has 0 radical (unpaired) electrons. The van der Waals surface area contributed by atoms with Crippen LogP contribution in [0.25, 0.3) is 0 Å². The first-order valence-electron chi connectivity index (χ1n) is 7.60. The molecule has 0 saturated carbocycles. The molecule has 1 heterocycles. The van der Waals surface area contributed by atoms with Crippen LogP contribution in [-0.4, -0.2) is 29.3 Å². The van der Waals surface area contributed by atoms with E-state index in [0.717, 1.165) is 5.69 Å². The van der Waals surface area contributed by atoms with Crippen LogP contribution in [0, 0.1) is 5.82 Å². The van der Waals surface area contributed by atoms with E-state index >= 15 is 0 Å². The van der Waals surface area contributed by atoms with Gasteiger partial charge < -0.3 is 10.6 Å². The first kappa shape index (κ1) is 20.4. The van der Waals surface area contributed by atoms with Crippen molar-refractivity contribution in [1.82, 2.24) is 20.4 Å². The molecule has 0 aliphatic carbocycles. The van der Waals surface area contributed by atoms with E-state index in [0.29, 0.717) is 24.6 Å². The highest BCUT2D eigenvalue weighted by Crippen LogP contribution is 2.24. The second kappa shape index (κ2) is 9.00. The van der Waals surface area contributed by atoms with Crippen molar-refractivity contribution in [3.05, 3.63) is 53.6 Å². The molecular weight excluding hydrogens is 420 g/mol. The van der Waals surface area contributed by atoms with Gasteiger partial charge in [0.2, 0.25) is 0 Å². The average molecular weight is 445 g/mol. The molecule has 7 heteroatoms. The quantitative estimate of drug-likeness (QED) is 0.423. The summed E-state index contributed by atoms with van der Waals surface area (Å²) in [5.74, 6) is 0.493. The van der Waals surface area contributed by atoms with Crippen molar-refractivity contribution < 1.29 is 4.39 Å². The molecule has 132 valence electrons. The number of halogens is 2. The van der Waals surface area contributed by atoms with Gasteiger partial charge in [0.15, 0.2) is 5.96 Å². The Hall–Kier alpha value is -1.64. The van der Waals surface area contributed by atoms with Crippen molar-refractivity contribution in [2.45, 2.75) is 25.8 Å². The number of nitrogens with one attached hydrogen (secondary N) is 2. The molecule has 1 aromatic heterocycles. The molecule has 2 aromatic rings. The molecule has 0 bridgehead atoms. The summed E-state index contributed by atoms with van der Waals surface area (Å²) in [5, 5.41) is 10.6. The number of nitrogens with zero attached hydrogens (tertiary/aromatic N) is 3. The third-order valence-corrected chi connectivity index (χ3v) is 3.88. The van der Waals surface area contributed by atoms with Crippen molar-refractivity contribution in [3.63, 3.8) is 0 Å². The summed E-state index contributed by atoms with van der Waals surface area (Å²) in [6, 6.07) is 8.82. The lowest BCUT2D eigenvalue weighted by molar-refractivity contribution is 0.473. The van der Waals surface area contributed by atoms with Gasteiger partial charge in [0.05, 0.1) is 12.2 Å². The monoisotopic (exact) mass is 445 g/mol. The fourth-order valence-corrected chi connectivity index (χ4v) is 2.38. The lowest BCUT2D eigenvalue weighted by Gasteiger charge is -2.27. The van der Waals surface area contributed by atoms with E-state index in [4.69, 9.17) is 0 Å². The summed E-state index contributed by atoms with van der Waals surface area (Å²) in [5.41, 5.74) is 1.39. The van der Waals surface area contributed by atoms with Gasteiger partial charge >= 0.3 is 0 Å². The molecule has 0 unspecified atom stereocenters. The van der Waals surface area contributed by atoms with Gasteiger partial charge in [0, 0.05) is 32.3 Å². The van der Waals surface area contributed by atoms with Gasteiger partial charge in [-0.3, -0.25) is 9.67 Å². The Labute approximate surface area is 159 Å². The van der Waals surface area contributed by atoms with Crippen LogP contribution in [0.15, 0.2) is 41.5 Å². The molecule has 0 aliphatic rings. The van der Waals surface area contributed by atoms with E-state index in [9.17, 15) is 4.39 Å². The molecule has 0 saturated heterocycles. The summed E-state index contributed by atoms with van der Waals surface area (Å²) >= 11 is 0. The highest BCUT2D eigenvalue weighted by molar-refractivity contribution is 14.0. The number of hydrogen-bond acceptors (Lipinski definition) is 2. The van der Waals surface area contributed by atoms with Crippen molar-refractivity contribution in [2.75, 3.05) is 13.6 Å². The first-order valence-corrected chi connectivity index (χ1v) is 7.60. The molecule has 0 fully saturated rings. The zero-order valence-electron chi connectivity index (χ0n) is 14.5. The largest absolute Gasteiger partial charge is 0.356 e. The molecule has 0 aliphatic heterocycles. The molecule has 0 atom stereocenters. The molecule has 0 spiro atoms. The molecular formula is C17H25FIN5. The van der Waals surface area contributed by atoms with E-state index in [1.54, 1.807) is 19.3 Å². The van der Waals surface area contributed by atoms with E-state index in [-0.39, 0.29) is 35.2 Å². The fraction of sp³-hybridized carbons (Fsp3) is 0.412. The van der Waals surface area contributed by atoms with Gasteiger partial charge in [-0.1, -0.05) is 32.0 Å². The van der Waals surface area contributed by atoms with Crippen LogP contribution < -0.4 is 10.6 Å². The fourth-order valence-electron chi connectivity index (χ4n) is 2.38. The minimum absolute atomic E-state index is 0. The number of guanidine groups is 1. The predicted octanol–water partition coefficient (Wildman–Crippen LogP) is 2.82. The maximum atomic E-state index is 14.0. The first-order chi connectivity index (χ1) is 10.9. The van der Waals surface area contributed by atoms with Crippen molar-refractivity contribution in [1.29, 1.82) is 0 Å². The standard InChI is InChI=1S/C17H24FN5.HI/c1-17(2,14-7-5-6-8-15(14)18)12-21-16(19-3)20-11-13-9-10-22-23(13)4;/h5-10H,11-12H2,1-4H3,(H2,19,20,21);1H. The normalized spacial score (nSPS) is 11.8. The number of aliphatic imine (C=N–C) groups is 1. The van der Waals surface area contributed by atoms with Crippen molar-refractivity contribution in [3.8, 4) is 0 Å². The highest BCUT2D eigenvalue weighted by atomic mass is 127. The maximum absolute atomic E-state index is 14.0. The van der Waals surface area contributed by atoms with E-state index in [1.165, 1.54) is 6.07 Å². The van der Waals surface area contributed by atoms with Crippen LogP contribution in [0.5, 0.6) is 0 Å². The summed E-state index contributed by atoms with van der Waals surface area (Å²) < 4.78 is 15.8. The molecule has 1 aromatic carbocycles. The van der Waals surface area contributed by atoms with Gasteiger partial charge in [-0.2, -0.15) is 5.10 Å². The molecule has 5 nitrogen and oxygen atoms in total. The van der Waals surface area contributed by atoms with Gasteiger partial charge in [-0.25, -0.2) is 4.39 Å². The number of hydrogen-bond donors (Lipinski definition) is 2. The van der Waals surface area contributed by atoms with Gasteiger partial charge in [-0.15, -0.1) is 24.0 Å². The van der Waals surface area contributed by atoms with Crippen LogP contribution in [0.4, 0.5) is 4.39 Å². The zero-order valence-corrected chi connectivity index (χ0v) is 16.8. The summed E-state index contributed by atoms with van der Waals surface area (Å²) in [6.45, 7) is 5.20. The topological polar surface area (TPSA) is 54.2 Å². The predicted molar refractivity (Wildman–Crippen MR) is 106 cm³/mol. The molecule has 2 N–H and O–H groups in total. The van der Waals surface area contributed by atoms with Gasteiger partial charge in [-0.05, 0) is 17.7 Å². The Bertz CT molecular complexity index is 681. The number of aryl methyl sites for hydroxylation is 1. The number of aromatic nitrogens is 2. The van der Waals surface area contributed by atoms with Gasteiger partial charge in [0.25, 0.3) is 0 Å². The van der Waals surface area contributed by atoms with Crippen LogP contribution in [0.1, 0.15) is 25.1 Å². The Kier molecular flexibility index (Phi) is 7.65. The number of benzene rings is 1. The SMILES string of the molecule is CN=C(NCc1ccnn1C)NCC(C)(C)c1ccccc1F.I. The summed E-state index contributed by atoms with van der Waals surface area (Å²) in [4.78, 5) is 4.21. The Balaban J connectivity index is 0.00000288. The van der Waals surface area contributed by atoms with Crippen LogP contribution in [-0.2, 0) is 19.0 Å². The van der Waals surface area contributed by atoms with Crippen LogP contribution in [0.3, 0.4) is 0 Å². The molecule has 0 amide bonds. The second-order valence-electron chi connectivity index (χ2n) is 6.09. The lowest BCUT2D eigenvalue weighted by atomic mass is 9.84. The lowest BCUT2D eigenvalue weighted by Crippen LogP contribution is -2.43. The van der Waals surface area contributed by atoms with E-state index in [1.807, 2.05) is 43.8 Å². The smallest absolute Gasteiger partial charge is 0.191 e. The Morgan fingerprint density at radius 3 is 2.54 bits per heavy atom. The third kappa shape index (κ3) is 5.19. The Morgan fingerprint density at radius 2 is 1.96 bits per heavy atom. The van der Waals surface area contributed by atoms with Crippen molar-refractivity contribution in [2.24, 2.45) is 12.0 Å². The van der Waals surface area contributed by atoms with Gasteiger partial charge in [0.1, 0.15) is 5.82 Å². The molecule has 2 rings (SSSR count). The van der Waals surface area contributed by atoms with Crippen molar-refractivity contribution >= 4 is 29.9 Å². The zero-order chi connectivity index (χ0) is 16.9. The van der Waals surface area contributed by atoms with Crippen LogP contribution >= 0.6 is 24.0 Å². The minimum atomic E-state index is -0.352. The Morgan fingerprint density at radius 1 is 1.25 bits per heavy atom. The highest BCUT2D eigenvalue weighted by Gasteiger charge is 2.24. The average Bonchev–Trinajstić information content (AvgIpc) is 2.93. The van der Waals surface area contributed by atoms with E-state index < -0.39 is 0 Å². The summed E-state index contributed by atoms with van der Waals surface area (Å²) in [6.07, 6.45) is 1.76. The van der Waals surface area contributed by atoms with E-state index in [2.05, 4.69) is 20.7 Å². The number of rotatable bonds is 5. The third-order valence-electron chi connectivity index (χ3n) is 3.88.